The van der Waals surface area contributed by atoms with E-state index < -0.39 is 5.60 Å². The first-order valence-corrected chi connectivity index (χ1v) is 6.01. The van der Waals surface area contributed by atoms with Gasteiger partial charge >= 0.3 is 0 Å². The van der Waals surface area contributed by atoms with Gasteiger partial charge in [-0.15, -0.1) is 0 Å². The first kappa shape index (κ1) is 10.1. The van der Waals surface area contributed by atoms with Gasteiger partial charge in [-0.25, -0.2) is 0 Å². The number of hydrogen-bond acceptors (Lipinski definition) is 3. The number of fused-ring (bicyclic) bond motifs is 1. The molecule has 3 nitrogen and oxygen atoms in total. The molecular formula is C13H18N2O. The molecule has 1 aromatic carbocycles. The van der Waals surface area contributed by atoms with E-state index in [1.165, 1.54) is 5.56 Å². The third-order valence-corrected chi connectivity index (χ3v) is 3.99. The minimum absolute atomic E-state index is 0.0856. The molecule has 1 aliphatic carbocycles. The number of hydrogen-bond donors (Lipinski definition) is 3. The number of nitrogens with two attached hydrogens (primary N) is 1. The zero-order valence-electron chi connectivity index (χ0n) is 9.32. The van der Waals surface area contributed by atoms with Crippen LogP contribution in [0.5, 0.6) is 0 Å². The van der Waals surface area contributed by atoms with Crippen LogP contribution < -0.4 is 11.1 Å². The molecular weight excluding hydrogens is 200 g/mol. The Morgan fingerprint density at radius 2 is 2.12 bits per heavy atom. The normalized spacial score (nSPS) is 27.0. The van der Waals surface area contributed by atoms with E-state index in [0.717, 1.165) is 24.9 Å². The van der Waals surface area contributed by atoms with Gasteiger partial charge in [0, 0.05) is 12.2 Å². The van der Waals surface area contributed by atoms with Crippen LogP contribution in [0.3, 0.4) is 0 Å². The first-order valence-electron chi connectivity index (χ1n) is 6.01. The molecule has 1 aliphatic heterocycles. The van der Waals surface area contributed by atoms with Crippen LogP contribution in [0.4, 0.5) is 5.69 Å². The molecule has 2 aliphatic rings. The van der Waals surface area contributed by atoms with Crippen molar-refractivity contribution in [1.29, 1.82) is 0 Å². The monoisotopic (exact) mass is 218 g/mol. The molecule has 0 spiro atoms. The van der Waals surface area contributed by atoms with Crippen LogP contribution in [0.1, 0.15) is 18.4 Å². The summed E-state index contributed by atoms with van der Waals surface area (Å²) in [6.45, 7) is 0.351. The maximum Gasteiger partial charge on any atom is 0.1000 e. The highest BCUT2D eigenvalue weighted by Crippen LogP contribution is 2.44. The summed E-state index contributed by atoms with van der Waals surface area (Å²) >= 11 is 0. The molecule has 1 aromatic rings. The fourth-order valence-electron chi connectivity index (χ4n) is 2.78. The number of para-hydroxylation sites is 1. The van der Waals surface area contributed by atoms with E-state index in [4.69, 9.17) is 5.73 Å². The molecule has 0 saturated heterocycles. The topological polar surface area (TPSA) is 58.3 Å². The lowest BCUT2D eigenvalue weighted by Gasteiger charge is -2.33. The van der Waals surface area contributed by atoms with Crippen LogP contribution in [-0.2, 0) is 6.42 Å². The van der Waals surface area contributed by atoms with E-state index in [1.54, 1.807) is 0 Å². The van der Waals surface area contributed by atoms with Crippen molar-refractivity contribution in [1.82, 2.24) is 0 Å². The Balaban J connectivity index is 1.84. The van der Waals surface area contributed by atoms with Crippen molar-refractivity contribution < 1.29 is 5.11 Å². The molecule has 0 bridgehead atoms. The van der Waals surface area contributed by atoms with Crippen molar-refractivity contribution >= 4 is 5.69 Å². The van der Waals surface area contributed by atoms with Gasteiger partial charge in [-0.1, -0.05) is 18.2 Å². The van der Waals surface area contributed by atoms with Gasteiger partial charge in [0.2, 0.25) is 0 Å². The average molecular weight is 218 g/mol. The maximum atomic E-state index is 10.6. The molecule has 0 aromatic heterocycles. The van der Waals surface area contributed by atoms with Gasteiger partial charge in [0.15, 0.2) is 0 Å². The molecule has 16 heavy (non-hydrogen) atoms. The predicted molar refractivity (Wildman–Crippen MR) is 64.3 cm³/mol. The number of anilines is 1. The zero-order chi connectivity index (χ0) is 11.2. The fraction of sp³-hybridized carbons (Fsp3) is 0.538. The second kappa shape index (κ2) is 3.47. The Kier molecular flexibility index (Phi) is 2.19. The van der Waals surface area contributed by atoms with E-state index in [2.05, 4.69) is 17.4 Å². The molecule has 4 N–H and O–H groups in total. The molecule has 3 rings (SSSR count). The fourth-order valence-corrected chi connectivity index (χ4v) is 2.78. The third-order valence-electron chi connectivity index (χ3n) is 3.99. The van der Waals surface area contributed by atoms with Gasteiger partial charge in [-0.2, -0.15) is 0 Å². The van der Waals surface area contributed by atoms with Crippen LogP contribution in [0.15, 0.2) is 24.3 Å². The van der Waals surface area contributed by atoms with Gasteiger partial charge in [0.25, 0.3) is 0 Å². The molecule has 0 radical (unpaired) electrons. The quantitative estimate of drug-likeness (QED) is 0.712. The van der Waals surface area contributed by atoms with Crippen LogP contribution in [0.25, 0.3) is 0 Å². The number of benzene rings is 1. The standard InChI is InChI=1S/C13H18N2O/c14-8-13(16,10-5-6-10)12-7-9-3-1-2-4-11(9)15-12/h1-4,10,12,15-16H,5-8,14H2. The van der Waals surface area contributed by atoms with Crippen LogP contribution in [0.2, 0.25) is 0 Å². The second-order valence-electron chi connectivity index (χ2n) is 5.03. The van der Waals surface area contributed by atoms with E-state index in [9.17, 15) is 5.11 Å². The van der Waals surface area contributed by atoms with E-state index in [1.807, 2.05) is 12.1 Å². The molecule has 86 valence electrons. The van der Waals surface area contributed by atoms with Gasteiger partial charge in [-0.05, 0) is 36.8 Å². The van der Waals surface area contributed by atoms with Gasteiger partial charge in [0.05, 0.1) is 11.6 Å². The summed E-state index contributed by atoms with van der Waals surface area (Å²) < 4.78 is 0. The average Bonchev–Trinajstić information content (AvgIpc) is 3.07. The lowest BCUT2D eigenvalue weighted by Crippen LogP contribution is -2.53. The molecule has 0 amide bonds. The summed E-state index contributed by atoms with van der Waals surface area (Å²) in [5, 5.41) is 14.1. The van der Waals surface area contributed by atoms with Gasteiger partial charge in [-0.3, -0.25) is 0 Å². The minimum atomic E-state index is -0.723. The summed E-state index contributed by atoms with van der Waals surface area (Å²) in [5.74, 6) is 0.393. The SMILES string of the molecule is NCC(O)(C1CC1)C1Cc2ccccc2N1. The van der Waals surface area contributed by atoms with E-state index in [0.29, 0.717) is 12.5 Å². The molecule has 1 saturated carbocycles. The Morgan fingerprint density at radius 3 is 2.75 bits per heavy atom. The lowest BCUT2D eigenvalue weighted by atomic mass is 9.87. The summed E-state index contributed by atoms with van der Waals surface area (Å²) in [7, 11) is 0. The number of nitrogens with one attached hydrogen (secondary N) is 1. The second-order valence-corrected chi connectivity index (χ2v) is 5.03. The summed E-state index contributed by atoms with van der Waals surface area (Å²) in [6.07, 6.45) is 3.12. The van der Waals surface area contributed by atoms with Crippen molar-refractivity contribution in [2.24, 2.45) is 11.7 Å². The zero-order valence-corrected chi connectivity index (χ0v) is 9.32. The Hall–Kier alpha value is -1.06. The smallest absolute Gasteiger partial charge is 0.1000 e. The van der Waals surface area contributed by atoms with Crippen molar-refractivity contribution in [3.63, 3.8) is 0 Å². The molecule has 2 unspecified atom stereocenters. The van der Waals surface area contributed by atoms with Crippen LogP contribution >= 0.6 is 0 Å². The van der Waals surface area contributed by atoms with Crippen molar-refractivity contribution in [3.8, 4) is 0 Å². The maximum absolute atomic E-state index is 10.6. The van der Waals surface area contributed by atoms with E-state index >= 15 is 0 Å². The third kappa shape index (κ3) is 1.43. The van der Waals surface area contributed by atoms with Gasteiger partial charge in [0.1, 0.15) is 0 Å². The molecule has 3 heteroatoms. The molecule has 1 fully saturated rings. The highest BCUT2D eigenvalue weighted by molar-refractivity contribution is 5.57. The highest BCUT2D eigenvalue weighted by atomic mass is 16.3. The van der Waals surface area contributed by atoms with Gasteiger partial charge < -0.3 is 16.2 Å². The number of rotatable bonds is 3. The summed E-state index contributed by atoms with van der Waals surface area (Å²) in [5.41, 5.74) is 7.49. The first-order chi connectivity index (χ1) is 7.74. The number of aliphatic hydroxyl groups is 1. The predicted octanol–water partition coefficient (Wildman–Crippen LogP) is 1.12. The summed E-state index contributed by atoms with van der Waals surface area (Å²) in [4.78, 5) is 0. The molecule has 1 heterocycles. The van der Waals surface area contributed by atoms with Crippen molar-refractivity contribution in [2.45, 2.75) is 30.9 Å². The van der Waals surface area contributed by atoms with E-state index in [-0.39, 0.29) is 6.04 Å². The largest absolute Gasteiger partial charge is 0.386 e. The Labute approximate surface area is 95.7 Å². The van der Waals surface area contributed by atoms with Crippen molar-refractivity contribution in [2.75, 3.05) is 11.9 Å². The Morgan fingerprint density at radius 1 is 1.38 bits per heavy atom. The Bertz CT molecular complexity index is 378. The van der Waals surface area contributed by atoms with Crippen molar-refractivity contribution in [3.05, 3.63) is 29.8 Å². The van der Waals surface area contributed by atoms with Crippen LogP contribution in [-0.4, -0.2) is 23.3 Å². The molecule has 2 atom stereocenters. The summed E-state index contributed by atoms with van der Waals surface area (Å²) in [6, 6.07) is 8.34. The highest BCUT2D eigenvalue weighted by Gasteiger charge is 2.49. The minimum Gasteiger partial charge on any atom is -0.386 e. The lowest BCUT2D eigenvalue weighted by molar-refractivity contribution is 0.00926. The van der Waals surface area contributed by atoms with Crippen LogP contribution in [0, 0.1) is 5.92 Å².